The lowest BCUT2D eigenvalue weighted by molar-refractivity contribution is -0.142. The molecule has 0 N–H and O–H groups in total. The van der Waals surface area contributed by atoms with Gasteiger partial charge in [0.2, 0.25) is 0 Å². The summed E-state index contributed by atoms with van der Waals surface area (Å²) in [5.41, 5.74) is 2.93. The van der Waals surface area contributed by atoms with Crippen LogP contribution in [0.4, 0.5) is 5.69 Å². The summed E-state index contributed by atoms with van der Waals surface area (Å²) in [6, 6.07) is 13.4. The van der Waals surface area contributed by atoms with E-state index >= 15 is 0 Å². The lowest BCUT2D eigenvalue weighted by Gasteiger charge is -2.39. The number of aliphatic imine (C=N–C) groups is 1. The number of fused-ring (bicyclic) bond motifs is 1. The highest BCUT2D eigenvalue weighted by molar-refractivity contribution is 8.01. The van der Waals surface area contributed by atoms with Crippen molar-refractivity contribution in [3.63, 3.8) is 0 Å². The summed E-state index contributed by atoms with van der Waals surface area (Å²) in [6.07, 6.45) is 0. The molecule has 2 aliphatic rings. The van der Waals surface area contributed by atoms with Gasteiger partial charge in [0.05, 0.1) is 17.5 Å². The van der Waals surface area contributed by atoms with Crippen LogP contribution < -0.4 is 0 Å². The Morgan fingerprint density at radius 2 is 1.96 bits per heavy atom. The van der Waals surface area contributed by atoms with Gasteiger partial charge in [0.15, 0.2) is 0 Å². The van der Waals surface area contributed by atoms with Crippen LogP contribution in [-0.4, -0.2) is 27.0 Å². The number of thioether (sulfide) groups is 1. The monoisotopic (exact) mass is 405 g/mol. The SMILES string of the molecule is CC1=Nc2ccccc2CN1N1C(=O)C(C)SC1c1ccc(Cl)cc1Cl. The quantitative estimate of drug-likeness (QED) is 0.667. The molecule has 2 aromatic carbocycles. The van der Waals surface area contributed by atoms with Crippen LogP contribution in [0.3, 0.4) is 0 Å². The van der Waals surface area contributed by atoms with Crippen molar-refractivity contribution in [2.75, 3.05) is 0 Å². The van der Waals surface area contributed by atoms with Gasteiger partial charge in [-0.3, -0.25) is 9.80 Å². The Bertz CT molecular complexity index is 917. The number of carbonyl (C=O) groups excluding carboxylic acids is 1. The molecule has 1 fully saturated rings. The molecule has 2 heterocycles. The number of halogens is 2. The van der Waals surface area contributed by atoms with Gasteiger partial charge in [-0.1, -0.05) is 47.5 Å². The van der Waals surface area contributed by atoms with Gasteiger partial charge in [0.25, 0.3) is 5.91 Å². The molecule has 4 nitrogen and oxygen atoms in total. The summed E-state index contributed by atoms with van der Waals surface area (Å²) < 4.78 is 0. The number of nitrogens with zero attached hydrogens (tertiary/aromatic N) is 3. The second kappa shape index (κ2) is 6.80. The third-order valence-electron chi connectivity index (χ3n) is 4.58. The van der Waals surface area contributed by atoms with Crippen molar-refractivity contribution in [3.05, 3.63) is 63.6 Å². The first-order valence-electron chi connectivity index (χ1n) is 8.30. The molecule has 4 rings (SSSR count). The second-order valence-electron chi connectivity index (χ2n) is 6.32. The van der Waals surface area contributed by atoms with Crippen molar-refractivity contribution < 1.29 is 4.79 Å². The molecule has 0 radical (unpaired) electrons. The molecular weight excluding hydrogens is 389 g/mol. The van der Waals surface area contributed by atoms with Crippen molar-refractivity contribution in [3.8, 4) is 0 Å². The largest absolute Gasteiger partial charge is 0.272 e. The molecule has 2 unspecified atom stereocenters. The summed E-state index contributed by atoms with van der Waals surface area (Å²) >= 11 is 14.1. The Balaban J connectivity index is 1.75. The minimum absolute atomic E-state index is 0.0555. The second-order valence-corrected chi connectivity index (χ2v) is 8.59. The molecule has 0 bridgehead atoms. The fraction of sp³-hybridized carbons (Fsp3) is 0.263. The molecule has 2 aromatic rings. The predicted octanol–water partition coefficient (Wildman–Crippen LogP) is 5.44. The third kappa shape index (κ3) is 2.98. The molecule has 0 aliphatic carbocycles. The van der Waals surface area contributed by atoms with Crippen molar-refractivity contribution in [1.82, 2.24) is 10.0 Å². The van der Waals surface area contributed by atoms with E-state index in [1.54, 1.807) is 28.9 Å². The molecule has 2 atom stereocenters. The maximum Gasteiger partial charge on any atom is 0.255 e. The lowest BCUT2D eigenvalue weighted by atomic mass is 10.1. The van der Waals surface area contributed by atoms with Crippen LogP contribution in [-0.2, 0) is 11.3 Å². The van der Waals surface area contributed by atoms with Crippen LogP contribution in [0, 0.1) is 0 Å². The summed E-state index contributed by atoms with van der Waals surface area (Å²) in [5.74, 6) is 0.849. The number of rotatable bonds is 2. The van der Waals surface area contributed by atoms with Crippen molar-refractivity contribution in [2.45, 2.75) is 31.0 Å². The number of hydrogen-bond donors (Lipinski definition) is 0. The Kier molecular flexibility index (Phi) is 4.63. The first-order valence-corrected chi connectivity index (χ1v) is 9.99. The zero-order valence-electron chi connectivity index (χ0n) is 14.3. The molecule has 26 heavy (non-hydrogen) atoms. The van der Waals surface area contributed by atoms with E-state index in [-0.39, 0.29) is 16.5 Å². The number of para-hydroxylation sites is 1. The summed E-state index contributed by atoms with van der Waals surface area (Å²) in [7, 11) is 0. The van der Waals surface area contributed by atoms with Crippen molar-refractivity contribution in [1.29, 1.82) is 0 Å². The Morgan fingerprint density at radius 1 is 1.19 bits per heavy atom. The van der Waals surface area contributed by atoms with E-state index in [1.807, 2.05) is 49.2 Å². The standard InChI is InChI=1S/C19H17Cl2N3OS/c1-11-18(25)24(19(26-11)15-8-7-14(20)9-16(15)21)23-10-13-5-3-4-6-17(13)22-12(23)2/h3-9,11,19H,10H2,1-2H3. The highest BCUT2D eigenvalue weighted by atomic mass is 35.5. The van der Waals surface area contributed by atoms with E-state index < -0.39 is 0 Å². The lowest BCUT2D eigenvalue weighted by Crippen LogP contribution is -2.48. The van der Waals surface area contributed by atoms with Gasteiger partial charge >= 0.3 is 0 Å². The van der Waals surface area contributed by atoms with Crippen LogP contribution in [0.25, 0.3) is 0 Å². The first-order chi connectivity index (χ1) is 12.5. The smallest absolute Gasteiger partial charge is 0.255 e. The highest BCUT2D eigenvalue weighted by Crippen LogP contribution is 2.47. The number of hydrazine groups is 1. The van der Waals surface area contributed by atoms with E-state index in [2.05, 4.69) is 4.99 Å². The van der Waals surface area contributed by atoms with Crippen molar-refractivity contribution >= 4 is 52.4 Å². The molecule has 1 saturated heterocycles. The van der Waals surface area contributed by atoms with Gasteiger partial charge in [-0.05, 0) is 37.6 Å². The molecule has 7 heteroatoms. The third-order valence-corrected chi connectivity index (χ3v) is 6.47. The Hall–Kier alpha value is -1.69. The van der Waals surface area contributed by atoms with Gasteiger partial charge in [-0.2, -0.15) is 0 Å². The normalized spacial score (nSPS) is 22.5. The number of amidine groups is 1. The minimum atomic E-state index is -0.210. The maximum atomic E-state index is 13.0. The maximum absolute atomic E-state index is 13.0. The number of carbonyl (C=O) groups is 1. The Labute approximate surface area is 166 Å². The molecule has 2 aliphatic heterocycles. The van der Waals surface area contributed by atoms with E-state index in [4.69, 9.17) is 23.2 Å². The number of hydrogen-bond acceptors (Lipinski definition) is 4. The van der Waals surface area contributed by atoms with Crippen LogP contribution in [0.15, 0.2) is 47.5 Å². The van der Waals surface area contributed by atoms with E-state index in [9.17, 15) is 4.79 Å². The minimum Gasteiger partial charge on any atom is -0.272 e. The van der Waals surface area contributed by atoms with E-state index in [0.717, 1.165) is 22.6 Å². The van der Waals surface area contributed by atoms with Gasteiger partial charge < -0.3 is 0 Å². The molecule has 0 saturated carbocycles. The average Bonchev–Trinajstić information content (AvgIpc) is 2.89. The Morgan fingerprint density at radius 3 is 2.73 bits per heavy atom. The van der Waals surface area contributed by atoms with Gasteiger partial charge in [0, 0.05) is 15.6 Å². The van der Waals surface area contributed by atoms with Crippen LogP contribution >= 0.6 is 35.0 Å². The fourth-order valence-corrected chi connectivity index (χ4v) is 5.13. The van der Waals surface area contributed by atoms with Gasteiger partial charge in [0.1, 0.15) is 11.2 Å². The van der Waals surface area contributed by atoms with Gasteiger partial charge in [-0.15, -0.1) is 11.8 Å². The first kappa shape index (κ1) is 17.7. The summed E-state index contributed by atoms with van der Waals surface area (Å²) in [4.78, 5) is 17.6. The number of amides is 1. The molecule has 134 valence electrons. The zero-order chi connectivity index (χ0) is 18.4. The number of benzene rings is 2. The predicted molar refractivity (Wildman–Crippen MR) is 108 cm³/mol. The average molecular weight is 406 g/mol. The van der Waals surface area contributed by atoms with E-state index in [1.165, 1.54) is 0 Å². The zero-order valence-corrected chi connectivity index (χ0v) is 16.6. The molecule has 0 spiro atoms. The summed E-state index contributed by atoms with van der Waals surface area (Å²) in [5, 5.41) is 4.52. The van der Waals surface area contributed by atoms with Crippen LogP contribution in [0.1, 0.15) is 30.3 Å². The highest BCUT2D eigenvalue weighted by Gasteiger charge is 2.44. The van der Waals surface area contributed by atoms with Crippen molar-refractivity contribution in [2.24, 2.45) is 4.99 Å². The van der Waals surface area contributed by atoms with Crippen LogP contribution in [0.2, 0.25) is 10.0 Å². The van der Waals surface area contributed by atoms with Gasteiger partial charge in [-0.25, -0.2) is 10.0 Å². The fourth-order valence-electron chi connectivity index (χ4n) is 3.26. The molecule has 0 aromatic heterocycles. The van der Waals surface area contributed by atoms with E-state index in [0.29, 0.717) is 16.6 Å². The molecular formula is C19H17Cl2N3OS. The topological polar surface area (TPSA) is 35.9 Å². The van der Waals surface area contributed by atoms with Crippen LogP contribution in [0.5, 0.6) is 0 Å². The molecule has 1 amide bonds. The summed E-state index contributed by atoms with van der Waals surface area (Å²) in [6.45, 7) is 4.46.